The summed E-state index contributed by atoms with van der Waals surface area (Å²) in [4.78, 5) is 29.5. The minimum absolute atomic E-state index is 0.126. The second-order valence-electron chi connectivity index (χ2n) is 6.87. The van der Waals surface area contributed by atoms with Crippen LogP contribution in [0.25, 0.3) is 0 Å². The van der Waals surface area contributed by atoms with Gasteiger partial charge in [0.2, 0.25) is 0 Å². The minimum atomic E-state index is -0.326. The third kappa shape index (κ3) is 4.63. The number of hydrogen-bond donors (Lipinski definition) is 2. The molecule has 0 aliphatic heterocycles. The zero-order chi connectivity index (χ0) is 20.2. The molecule has 0 radical (unpaired) electrons. The summed E-state index contributed by atoms with van der Waals surface area (Å²) in [6.07, 6.45) is 3.33. The van der Waals surface area contributed by atoms with Gasteiger partial charge in [0.15, 0.2) is 11.7 Å². The molecule has 1 aromatic heterocycles. The van der Waals surface area contributed by atoms with Crippen molar-refractivity contribution < 1.29 is 14.3 Å². The van der Waals surface area contributed by atoms with Crippen molar-refractivity contribution in [3.05, 3.63) is 70.2 Å². The van der Waals surface area contributed by atoms with Gasteiger partial charge in [0.1, 0.15) is 10.6 Å². The maximum atomic E-state index is 12.7. The lowest BCUT2D eigenvalue weighted by atomic mass is 10.1. The number of ether oxygens (including phenoxy) is 1. The van der Waals surface area contributed by atoms with Crippen LogP contribution in [0.4, 0.5) is 10.8 Å². The van der Waals surface area contributed by atoms with Crippen molar-refractivity contribution in [2.75, 3.05) is 17.2 Å². The van der Waals surface area contributed by atoms with E-state index < -0.39 is 0 Å². The normalized spacial score (nSPS) is 12.3. The van der Waals surface area contributed by atoms with Crippen molar-refractivity contribution in [1.29, 1.82) is 0 Å². The van der Waals surface area contributed by atoms with E-state index >= 15 is 0 Å². The zero-order valence-electron chi connectivity index (χ0n) is 16.0. The van der Waals surface area contributed by atoms with E-state index in [2.05, 4.69) is 21.7 Å². The van der Waals surface area contributed by atoms with Gasteiger partial charge in [-0.2, -0.15) is 0 Å². The van der Waals surface area contributed by atoms with Crippen LogP contribution in [0.1, 0.15) is 32.9 Å². The highest BCUT2D eigenvalue weighted by atomic mass is 32.1. The van der Waals surface area contributed by atoms with Crippen LogP contribution in [0.2, 0.25) is 0 Å². The van der Waals surface area contributed by atoms with Gasteiger partial charge >= 0.3 is 0 Å². The van der Waals surface area contributed by atoms with Crippen molar-refractivity contribution in [1.82, 2.24) is 4.98 Å². The maximum Gasteiger partial charge on any atom is 0.267 e. The fourth-order valence-corrected chi connectivity index (χ4v) is 4.20. The fourth-order valence-electron chi connectivity index (χ4n) is 3.32. The van der Waals surface area contributed by atoms with Crippen LogP contribution in [0, 0.1) is 6.92 Å². The van der Waals surface area contributed by atoms with Crippen LogP contribution in [0.15, 0.2) is 48.5 Å². The number of aromatic nitrogens is 1. The summed E-state index contributed by atoms with van der Waals surface area (Å²) < 4.78 is 5.43. The smallest absolute Gasteiger partial charge is 0.267 e. The number of hydrogen-bond acceptors (Lipinski definition) is 5. The van der Waals surface area contributed by atoms with E-state index in [-0.39, 0.29) is 18.4 Å². The molecule has 4 rings (SSSR count). The average molecular weight is 407 g/mol. The molecule has 0 bridgehead atoms. The average Bonchev–Trinajstić information content (AvgIpc) is 3.33. The van der Waals surface area contributed by atoms with Crippen LogP contribution in [-0.4, -0.2) is 23.4 Å². The van der Waals surface area contributed by atoms with Crippen molar-refractivity contribution in [2.45, 2.75) is 26.2 Å². The molecule has 0 spiro atoms. The summed E-state index contributed by atoms with van der Waals surface area (Å²) in [5.74, 6) is 0.0690. The Morgan fingerprint density at radius 3 is 2.69 bits per heavy atom. The Morgan fingerprint density at radius 1 is 1.07 bits per heavy atom. The summed E-state index contributed by atoms with van der Waals surface area (Å²) in [5, 5.41) is 6.00. The van der Waals surface area contributed by atoms with Gasteiger partial charge in [0.05, 0.1) is 5.69 Å². The highest BCUT2D eigenvalue weighted by Gasteiger charge is 2.18. The van der Waals surface area contributed by atoms with E-state index in [1.54, 1.807) is 19.1 Å². The molecule has 0 saturated heterocycles. The van der Waals surface area contributed by atoms with Crippen molar-refractivity contribution in [3.63, 3.8) is 0 Å². The molecule has 2 N–H and O–H groups in total. The SMILES string of the molecule is Cc1nc(NC(=O)COc2ccccc2)sc1C(=O)Nc1ccc2c(c1)CCC2. The molecule has 1 heterocycles. The van der Waals surface area contributed by atoms with Gasteiger partial charge in [-0.1, -0.05) is 35.6 Å². The van der Waals surface area contributed by atoms with Gasteiger partial charge in [0, 0.05) is 5.69 Å². The van der Waals surface area contributed by atoms with E-state index in [4.69, 9.17) is 4.74 Å². The second-order valence-corrected chi connectivity index (χ2v) is 7.87. The molecule has 3 aromatic rings. The number of para-hydroxylation sites is 1. The molecule has 6 nitrogen and oxygen atoms in total. The molecule has 2 amide bonds. The topological polar surface area (TPSA) is 80.3 Å². The highest BCUT2D eigenvalue weighted by molar-refractivity contribution is 7.17. The van der Waals surface area contributed by atoms with Gasteiger partial charge in [-0.05, 0) is 61.6 Å². The lowest BCUT2D eigenvalue weighted by Crippen LogP contribution is -2.20. The number of benzene rings is 2. The predicted molar refractivity (Wildman–Crippen MR) is 114 cm³/mol. The molecule has 0 saturated carbocycles. The standard InChI is InChI=1S/C22H21N3O3S/c1-14-20(21(27)24-17-11-10-15-6-5-7-16(15)12-17)29-22(23-14)25-19(26)13-28-18-8-3-2-4-9-18/h2-4,8-12H,5-7,13H2,1H3,(H,24,27)(H,23,25,26). The molecule has 0 fully saturated rings. The van der Waals surface area contributed by atoms with Crippen molar-refractivity contribution in [2.24, 2.45) is 0 Å². The summed E-state index contributed by atoms with van der Waals surface area (Å²) in [6, 6.07) is 15.2. The Kier molecular flexibility index (Phi) is 5.57. The zero-order valence-corrected chi connectivity index (χ0v) is 16.8. The Bertz CT molecular complexity index is 1050. The van der Waals surface area contributed by atoms with E-state index in [1.165, 1.54) is 11.1 Å². The quantitative estimate of drug-likeness (QED) is 0.641. The van der Waals surface area contributed by atoms with Gasteiger partial charge in [-0.3, -0.25) is 14.9 Å². The summed E-state index contributed by atoms with van der Waals surface area (Å²) in [7, 11) is 0. The molecule has 148 valence electrons. The number of nitrogens with one attached hydrogen (secondary N) is 2. The number of anilines is 2. The first-order valence-corrected chi connectivity index (χ1v) is 10.3. The molecule has 1 aliphatic carbocycles. The number of amides is 2. The molecular formula is C22H21N3O3S. The monoisotopic (exact) mass is 407 g/mol. The Hall–Kier alpha value is -3.19. The largest absolute Gasteiger partial charge is 0.484 e. The van der Waals surface area contributed by atoms with Gasteiger partial charge < -0.3 is 10.1 Å². The minimum Gasteiger partial charge on any atom is -0.484 e. The summed E-state index contributed by atoms with van der Waals surface area (Å²) in [6.45, 7) is 1.63. The molecule has 0 atom stereocenters. The lowest BCUT2D eigenvalue weighted by Gasteiger charge is -2.06. The van der Waals surface area contributed by atoms with Gasteiger partial charge in [-0.25, -0.2) is 4.98 Å². The maximum absolute atomic E-state index is 12.7. The fraction of sp³-hybridized carbons (Fsp3) is 0.227. The summed E-state index contributed by atoms with van der Waals surface area (Å²) >= 11 is 1.15. The Balaban J connectivity index is 1.37. The first-order chi connectivity index (χ1) is 14.1. The molecule has 7 heteroatoms. The van der Waals surface area contributed by atoms with Crippen LogP contribution in [0.3, 0.4) is 0 Å². The van der Waals surface area contributed by atoms with E-state index in [0.717, 1.165) is 36.3 Å². The van der Waals surface area contributed by atoms with E-state index in [0.29, 0.717) is 21.5 Å². The number of fused-ring (bicyclic) bond motifs is 1. The molecular weight excluding hydrogens is 386 g/mol. The van der Waals surface area contributed by atoms with E-state index in [1.807, 2.05) is 30.3 Å². The Morgan fingerprint density at radius 2 is 1.86 bits per heavy atom. The number of carbonyl (C=O) groups excluding carboxylic acids is 2. The van der Waals surface area contributed by atoms with Crippen LogP contribution in [-0.2, 0) is 17.6 Å². The van der Waals surface area contributed by atoms with Gasteiger partial charge in [0.25, 0.3) is 11.8 Å². The lowest BCUT2D eigenvalue weighted by molar-refractivity contribution is -0.118. The highest BCUT2D eigenvalue weighted by Crippen LogP contribution is 2.27. The number of thiazole rings is 1. The third-order valence-electron chi connectivity index (χ3n) is 4.72. The van der Waals surface area contributed by atoms with Crippen molar-refractivity contribution in [3.8, 4) is 5.75 Å². The molecule has 2 aromatic carbocycles. The number of rotatable bonds is 6. The van der Waals surface area contributed by atoms with Crippen LogP contribution < -0.4 is 15.4 Å². The molecule has 1 aliphatic rings. The third-order valence-corrected chi connectivity index (χ3v) is 5.79. The van der Waals surface area contributed by atoms with E-state index in [9.17, 15) is 9.59 Å². The second kappa shape index (κ2) is 8.45. The van der Waals surface area contributed by atoms with Crippen molar-refractivity contribution >= 4 is 34.0 Å². The number of aryl methyl sites for hydroxylation is 3. The van der Waals surface area contributed by atoms with Crippen LogP contribution in [0.5, 0.6) is 5.75 Å². The van der Waals surface area contributed by atoms with Crippen LogP contribution >= 0.6 is 11.3 Å². The summed E-state index contributed by atoms with van der Waals surface area (Å²) in [5.41, 5.74) is 4.02. The number of nitrogens with zero attached hydrogens (tertiary/aromatic N) is 1. The van der Waals surface area contributed by atoms with Gasteiger partial charge in [-0.15, -0.1) is 0 Å². The predicted octanol–water partition coefficient (Wildman–Crippen LogP) is 4.21. The Labute approximate surface area is 172 Å². The molecule has 29 heavy (non-hydrogen) atoms. The first kappa shape index (κ1) is 19.1. The first-order valence-electron chi connectivity index (χ1n) is 9.47. The number of carbonyl (C=O) groups is 2. The molecule has 0 unspecified atom stereocenters.